The molecule has 29 heavy (non-hydrogen) atoms. The molecule has 1 unspecified atom stereocenters. The first-order valence-electron chi connectivity index (χ1n) is 9.25. The van der Waals surface area contributed by atoms with E-state index in [2.05, 4.69) is 5.32 Å². The van der Waals surface area contributed by atoms with E-state index in [1.807, 2.05) is 30.3 Å². The summed E-state index contributed by atoms with van der Waals surface area (Å²) in [6, 6.07) is 12.7. The second-order valence-corrected chi connectivity index (χ2v) is 7.48. The highest BCUT2D eigenvalue weighted by Crippen LogP contribution is 2.38. The van der Waals surface area contributed by atoms with E-state index in [9.17, 15) is 20.0 Å². The number of fused-ring (bicyclic) bond motifs is 1. The van der Waals surface area contributed by atoms with Crippen LogP contribution in [-0.2, 0) is 14.3 Å². The maximum absolute atomic E-state index is 12.8. The summed E-state index contributed by atoms with van der Waals surface area (Å²) < 4.78 is 4.95. The van der Waals surface area contributed by atoms with E-state index in [0.717, 1.165) is 16.5 Å². The molecule has 2 aromatic rings. The fourth-order valence-electron chi connectivity index (χ4n) is 3.15. The fourth-order valence-corrected chi connectivity index (χ4v) is 4.40. The number of anilines is 1. The SMILES string of the molecule is CCOC(=O)/C(C#N)=C1\SC(CNc2cccc3ccc(O)cc23)C(=O)N1CC. The number of carbonyl (C=O) groups excluding carboxylic acids is 2. The van der Waals surface area contributed by atoms with E-state index in [0.29, 0.717) is 18.1 Å². The van der Waals surface area contributed by atoms with Crippen molar-refractivity contribution in [2.24, 2.45) is 0 Å². The molecule has 1 saturated heterocycles. The number of carbonyl (C=O) groups is 2. The van der Waals surface area contributed by atoms with Gasteiger partial charge in [0.25, 0.3) is 0 Å². The minimum atomic E-state index is -0.720. The molecular formula is C21H21N3O4S. The second kappa shape index (κ2) is 8.88. The summed E-state index contributed by atoms with van der Waals surface area (Å²) in [4.78, 5) is 26.4. The summed E-state index contributed by atoms with van der Waals surface area (Å²) in [5, 5.41) is 24.1. The number of nitrogens with zero attached hydrogens (tertiary/aromatic N) is 2. The molecule has 0 aliphatic carbocycles. The predicted octanol–water partition coefficient (Wildman–Crippen LogP) is 3.22. The zero-order valence-electron chi connectivity index (χ0n) is 16.1. The molecule has 1 atom stereocenters. The van der Waals surface area contributed by atoms with Crippen molar-refractivity contribution in [3.63, 3.8) is 0 Å². The van der Waals surface area contributed by atoms with Crippen LogP contribution in [0.5, 0.6) is 5.75 Å². The molecule has 150 valence electrons. The third-order valence-electron chi connectivity index (χ3n) is 4.51. The maximum atomic E-state index is 12.8. The van der Waals surface area contributed by atoms with Crippen molar-refractivity contribution in [2.45, 2.75) is 19.1 Å². The van der Waals surface area contributed by atoms with Crippen molar-refractivity contribution in [3.8, 4) is 11.8 Å². The number of hydrogen-bond acceptors (Lipinski definition) is 7. The van der Waals surface area contributed by atoms with Gasteiger partial charge >= 0.3 is 5.97 Å². The Labute approximate surface area is 172 Å². The van der Waals surface area contributed by atoms with E-state index < -0.39 is 11.2 Å². The van der Waals surface area contributed by atoms with Gasteiger partial charge in [0, 0.05) is 24.2 Å². The Morgan fingerprint density at radius 3 is 2.83 bits per heavy atom. The Kier molecular flexibility index (Phi) is 6.29. The van der Waals surface area contributed by atoms with Gasteiger partial charge < -0.3 is 20.1 Å². The minimum absolute atomic E-state index is 0.148. The van der Waals surface area contributed by atoms with Gasteiger partial charge in [0.15, 0.2) is 5.57 Å². The zero-order valence-corrected chi connectivity index (χ0v) is 17.0. The molecule has 1 amide bonds. The molecule has 0 bridgehead atoms. The number of esters is 1. The van der Waals surface area contributed by atoms with Crippen LogP contribution in [0.3, 0.4) is 0 Å². The van der Waals surface area contributed by atoms with Gasteiger partial charge in [-0.15, -0.1) is 0 Å². The van der Waals surface area contributed by atoms with Crippen LogP contribution in [0.1, 0.15) is 13.8 Å². The molecule has 3 rings (SSSR count). The van der Waals surface area contributed by atoms with Crippen molar-refractivity contribution >= 4 is 40.1 Å². The van der Waals surface area contributed by atoms with Gasteiger partial charge in [-0.05, 0) is 37.4 Å². The van der Waals surface area contributed by atoms with Crippen LogP contribution < -0.4 is 5.32 Å². The number of benzene rings is 2. The normalized spacial score (nSPS) is 17.9. The van der Waals surface area contributed by atoms with E-state index in [4.69, 9.17) is 4.74 Å². The van der Waals surface area contributed by atoms with Crippen molar-refractivity contribution in [1.82, 2.24) is 4.90 Å². The molecule has 1 heterocycles. The summed E-state index contributed by atoms with van der Waals surface area (Å²) in [5.74, 6) is -0.726. The van der Waals surface area contributed by atoms with Crippen LogP contribution >= 0.6 is 11.8 Å². The average Bonchev–Trinajstić information content (AvgIpc) is 3.02. The van der Waals surface area contributed by atoms with Gasteiger partial charge in [0.2, 0.25) is 5.91 Å². The first-order chi connectivity index (χ1) is 14.0. The van der Waals surface area contributed by atoms with Crippen LogP contribution in [0.2, 0.25) is 0 Å². The molecule has 1 aliphatic rings. The highest BCUT2D eigenvalue weighted by Gasteiger charge is 2.39. The molecule has 0 radical (unpaired) electrons. The number of phenolic OH excluding ortho intramolecular Hbond substituents is 1. The largest absolute Gasteiger partial charge is 0.508 e. The van der Waals surface area contributed by atoms with Crippen molar-refractivity contribution in [3.05, 3.63) is 47.0 Å². The minimum Gasteiger partial charge on any atom is -0.508 e. The number of aromatic hydroxyl groups is 1. The lowest BCUT2D eigenvalue weighted by molar-refractivity contribution is -0.138. The van der Waals surface area contributed by atoms with Crippen LogP contribution in [0.15, 0.2) is 47.0 Å². The Morgan fingerprint density at radius 2 is 2.14 bits per heavy atom. The first-order valence-corrected chi connectivity index (χ1v) is 10.1. The first kappa shape index (κ1) is 20.6. The second-order valence-electron chi connectivity index (χ2n) is 6.29. The third kappa shape index (κ3) is 4.15. The number of phenols is 1. The van der Waals surface area contributed by atoms with Crippen molar-refractivity contribution in [2.75, 3.05) is 25.0 Å². The number of hydrogen-bond donors (Lipinski definition) is 2. The molecule has 1 fully saturated rings. The van der Waals surface area contributed by atoms with Gasteiger partial charge in [-0.25, -0.2) is 4.79 Å². The van der Waals surface area contributed by atoms with Gasteiger partial charge in [-0.3, -0.25) is 4.79 Å². The fraction of sp³-hybridized carbons (Fsp3) is 0.286. The van der Waals surface area contributed by atoms with E-state index >= 15 is 0 Å². The molecule has 0 spiro atoms. The highest BCUT2D eigenvalue weighted by molar-refractivity contribution is 8.04. The Morgan fingerprint density at radius 1 is 1.34 bits per heavy atom. The molecule has 8 heteroatoms. The Hall–Kier alpha value is -3.18. The van der Waals surface area contributed by atoms with Gasteiger partial charge in [0.1, 0.15) is 22.1 Å². The topological polar surface area (TPSA) is 103 Å². The molecule has 2 N–H and O–H groups in total. The lowest BCUT2D eigenvalue weighted by Gasteiger charge is -2.16. The summed E-state index contributed by atoms with van der Waals surface area (Å²) in [6.07, 6.45) is 0. The van der Waals surface area contributed by atoms with Gasteiger partial charge in [0.05, 0.1) is 6.61 Å². The average molecular weight is 411 g/mol. The zero-order chi connectivity index (χ0) is 21.0. The van der Waals surface area contributed by atoms with E-state index in [-0.39, 0.29) is 23.8 Å². The highest BCUT2D eigenvalue weighted by atomic mass is 32.2. The number of thioether (sulfide) groups is 1. The smallest absolute Gasteiger partial charge is 0.351 e. The number of ether oxygens (including phenoxy) is 1. The Balaban J connectivity index is 1.84. The van der Waals surface area contributed by atoms with Crippen LogP contribution in [0, 0.1) is 11.3 Å². The Bertz CT molecular complexity index is 1030. The molecule has 0 saturated carbocycles. The predicted molar refractivity (Wildman–Crippen MR) is 112 cm³/mol. The molecule has 2 aromatic carbocycles. The molecule has 1 aliphatic heterocycles. The van der Waals surface area contributed by atoms with E-state index in [1.165, 1.54) is 16.7 Å². The monoisotopic (exact) mass is 411 g/mol. The van der Waals surface area contributed by atoms with Crippen molar-refractivity contribution < 1.29 is 19.4 Å². The lowest BCUT2D eigenvalue weighted by Crippen LogP contribution is -2.32. The number of nitriles is 1. The number of nitrogens with one attached hydrogen (secondary N) is 1. The van der Waals surface area contributed by atoms with Crippen LogP contribution in [0.4, 0.5) is 5.69 Å². The van der Waals surface area contributed by atoms with Gasteiger partial charge in [-0.1, -0.05) is 30.0 Å². The molecule has 0 aromatic heterocycles. The van der Waals surface area contributed by atoms with Crippen LogP contribution in [-0.4, -0.2) is 46.8 Å². The maximum Gasteiger partial charge on any atom is 0.351 e. The third-order valence-corrected chi connectivity index (χ3v) is 5.81. The van der Waals surface area contributed by atoms with E-state index in [1.54, 1.807) is 26.0 Å². The summed E-state index contributed by atoms with van der Waals surface area (Å²) in [6.45, 7) is 4.27. The quantitative estimate of drug-likeness (QED) is 0.427. The summed E-state index contributed by atoms with van der Waals surface area (Å²) in [5.41, 5.74) is 0.641. The summed E-state index contributed by atoms with van der Waals surface area (Å²) in [7, 11) is 0. The summed E-state index contributed by atoms with van der Waals surface area (Å²) >= 11 is 1.19. The van der Waals surface area contributed by atoms with Crippen molar-refractivity contribution in [1.29, 1.82) is 5.26 Å². The standard InChI is InChI=1S/C21H21N3O4S/c1-3-24-19(26)18(29-20(24)16(11-22)21(27)28-4-2)12-23-17-7-5-6-13-8-9-14(25)10-15(13)17/h5-10,18,23,25H,3-4,12H2,1-2H3/b20-16-. The van der Waals surface area contributed by atoms with Gasteiger partial charge in [-0.2, -0.15) is 5.26 Å². The van der Waals surface area contributed by atoms with Crippen LogP contribution in [0.25, 0.3) is 10.8 Å². The molecular weight excluding hydrogens is 390 g/mol. The number of rotatable bonds is 6. The lowest BCUT2D eigenvalue weighted by atomic mass is 10.1. The molecule has 7 nitrogen and oxygen atoms in total. The number of amides is 1.